The van der Waals surface area contributed by atoms with Crippen molar-refractivity contribution >= 4 is 0 Å². The Bertz CT molecular complexity index is 338. The third kappa shape index (κ3) is 0.981. The van der Waals surface area contributed by atoms with Crippen LogP contribution in [-0.4, -0.2) is 13.9 Å². The van der Waals surface area contributed by atoms with Crippen LogP contribution >= 0.6 is 0 Å². The lowest BCUT2D eigenvalue weighted by Crippen LogP contribution is -1.92. The number of hydrogen-bond donors (Lipinski definition) is 0. The topological polar surface area (TPSA) is 27.7 Å². The van der Waals surface area contributed by atoms with Gasteiger partial charge in [-0.25, -0.2) is 0 Å². The van der Waals surface area contributed by atoms with Crippen molar-refractivity contribution in [2.75, 3.05) is 13.9 Å². The van der Waals surface area contributed by atoms with E-state index in [1.165, 1.54) is 7.11 Å². The Morgan fingerprint density at radius 3 is 3.09 bits per heavy atom. The Balaban J connectivity index is 2.36. The predicted molar refractivity (Wildman–Crippen MR) is 39.1 cm³/mol. The monoisotopic (exact) mass is 154 g/mol. The average Bonchev–Trinajstić information content (AvgIpc) is 2.36. The molecule has 0 aliphatic carbocycles. The van der Waals surface area contributed by atoms with Crippen LogP contribution in [0.5, 0.6) is 17.2 Å². The molecule has 1 aliphatic rings. The highest BCUT2D eigenvalue weighted by Gasteiger charge is 2.12. The molecule has 1 aromatic carbocycles. The van der Waals surface area contributed by atoms with Gasteiger partial charge in [0, 0.05) is 6.07 Å². The molecule has 1 heterocycles. The summed E-state index contributed by atoms with van der Waals surface area (Å²) in [6.45, 7) is -2.06. The Morgan fingerprint density at radius 1 is 1.45 bits per heavy atom. The van der Waals surface area contributed by atoms with E-state index < -0.39 is 6.75 Å². The zero-order valence-corrected chi connectivity index (χ0v) is 5.96. The third-order valence-electron chi connectivity index (χ3n) is 1.45. The lowest BCUT2D eigenvalue weighted by atomic mass is 10.3. The first kappa shape index (κ1) is 4.49. The summed E-state index contributed by atoms with van der Waals surface area (Å²) >= 11 is 0. The number of fused-ring (bicyclic) bond motifs is 1. The smallest absolute Gasteiger partial charge is 0.231 e. The highest BCUT2D eigenvalue weighted by atomic mass is 16.7. The van der Waals surface area contributed by atoms with Crippen LogP contribution in [0.25, 0.3) is 0 Å². The summed E-state index contributed by atoms with van der Waals surface area (Å²) in [5, 5.41) is 0. The second kappa shape index (κ2) is 2.34. The number of methoxy groups -OCH3 is 1. The van der Waals surface area contributed by atoms with Gasteiger partial charge in [0.1, 0.15) is 8.49 Å². The van der Waals surface area contributed by atoms with E-state index in [1.807, 2.05) is 0 Å². The Labute approximate surface area is 67.3 Å². The van der Waals surface area contributed by atoms with Gasteiger partial charge in [0.25, 0.3) is 0 Å². The molecular weight excluding hydrogens is 144 g/mol. The largest absolute Gasteiger partial charge is 0.497 e. The molecule has 0 saturated heterocycles. The highest BCUT2D eigenvalue weighted by Crippen LogP contribution is 2.34. The summed E-state index contributed by atoms with van der Waals surface area (Å²) in [6, 6.07) is 4.88. The maximum absolute atomic E-state index is 7.18. The number of benzene rings is 1. The zero-order valence-electron chi connectivity index (χ0n) is 7.96. The van der Waals surface area contributed by atoms with E-state index in [0.29, 0.717) is 17.2 Å². The van der Waals surface area contributed by atoms with E-state index in [9.17, 15) is 0 Å². The van der Waals surface area contributed by atoms with Gasteiger partial charge in [-0.1, -0.05) is 0 Å². The van der Waals surface area contributed by atoms with Crippen molar-refractivity contribution in [3.8, 4) is 17.2 Å². The summed E-state index contributed by atoms with van der Waals surface area (Å²) in [7, 11) is 1.53. The molecule has 0 atom stereocenters. The van der Waals surface area contributed by atoms with E-state index in [0.717, 1.165) is 0 Å². The van der Waals surface area contributed by atoms with Gasteiger partial charge in [-0.05, 0) is 12.1 Å². The zero-order chi connectivity index (χ0) is 9.47. The molecule has 0 radical (unpaired) electrons. The summed E-state index contributed by atoms with van der Waals surface area (Å²) in [5.74, 6) is 1.37. The molecule has 58 valence electrons. The first-order valence-corrected chi connectivity index (χ1v) is 3.17. The van der Waals surface area contributed by atoms with Crippen molar-refractivity contribution in [1.82, 2.24) is 0 Å². The first-order valence-electron chi connectivity index (χ1n) is 4.17. The average molecular weight is 154 g/mol. The van der Waals surface area contributed by atoms with Crippen molar-refractivity contribution in [3.05, 3.63) is 18.2 Å². The summed E-state index contributed by atoms with van der Waals surface area (Å²) in [4.78, 5) is 0. The van der Waals surface area contributed by atoms with E-state index in [4.69, 9.17) is 17.0 Å². The fourth-order valence-corrected chi connectivity index (χ4v) is 0.890. The van der Waals surface area contributed by atoms with E-state index in [2.05, 4.69) is 0 Å². The van der Waals surface area contributed by atoms with Gasteiger partial charge in [-0.3, -0.25) is 0 Å². The Kier molecular flexibility index (Phi) is 0.955. The van der Waals surface area contributed by atoms with E-state index in [1.54, 1.807) is 18.2 Å². The lowest BCUT2D eigenvalue weighted by Gasteiger charge is -1.99. The van der Waals surface area contributed by atoms with Crippen LogP contribution < -0.4 is 14.2 Å². The summed E-state index contributed by atoms with van der Waals surface area (Å²) < 4.78 is 29.0. The van der Waals surface area contributed by atoms with Crippen molar-refractivity contribution < 1.29 is 17.0 Å². The molecular formula is C8H8O3. The standard InChI is InChI=1S/C8H8O3/c1-9-6-2-3-7-8(4-6)11-5-10-7/h2-4H,5H2,1H3/i5D2. The molecule has 0 bridgehead atoms. The molecule has 3 heteroatoms. The quantitative estimate of drug-likeness (QED) is 0.612. The van der Waals surface area contributed by atoms with Crippen molar-refractivity contribution in [3.63, 3.8) is 0 Å². The molecule has 0 fully saturated rings. The molecule has 2 rings (SSSR count). The molecule has 3 nitrogen and oxygen atoms in total. The fourth-order valence-electron chi connectivity index (χ4n) is 0.890. The van der Waals surface area contributed by atoms with Crippen LogP contribution in [0.15, 0.2) is 18.2 Å². The minimum Gasteiger partial charge on any atom is -0.497 e. The second-order valence-corrected chi connectivity index (χ2v) is 2.10. The van der Waals surface area contributed by atoms with Gasteiger partial charge in [0.05, 0.1) is 7.11 Å². The Morgan fingerprint density at radius 2 is 2.27 bits per heavy atom. The van der Waals surface area contributed by atoms with Crippen molar-refractivity contribution in [2.24, 2.45) is 0 Å². The number of hydrogen-bond acceptors (Lipinski definition) is 3. The van der Waals surface area contributed by atoms with Crippen LogP contribution in [-0.2, 0) is 0 Å². The van der Waals surface area contributed by atoms with Crippen molar-refractivity contribution in [2.45, 2.75) is 0 Å². The van der Waals surface area contributed by atoms with Gasteiger partial charge in [-0.15, -0.1) is 0 Å². The third-order valence-corrected chi connectivity index (χ3v) is 1.45. The molecule has 11 heavy (non-hydrogen) atoms. The molecule has 0 unspecified atom stereocenters. The van der Waals surface area contributed by atoms with Gasteiger partial charge in [0.2, 0.25) is 6.75 Å². The normalized spacial score (nSPS) is 20.5. The van der Waals surface area contributed by atoms with Crippen molar-refractivity contribution in [1.29, 1.82) is 0 Å². The van der Waals surface area contributed by atoms with E-state index in [-0.39, 0.29) is 0 Å². The molecule has 0 N–H and O–H groups in total. The summed E-state index contributed by atoms with van der Waals surface area (Å²) in [5.41, 5.74) is 0. The fraction of sp³-hybridized carbons (Fsp3) is 0.250. The molecule has 0 spiro atoms. The summed E-state index contributed by atoms with van der Waals surface area (Å²) in [6.07, 6.45) is 0. The highest BCUT2D eigenvalue weighted by molar-refractivity contribution is 5.46. The lowest BCUT2D eigenvalue weighted by molar-refractivity contribution is 0.174. The van der Waals surface area contributed by atoms with Gasteiger partial charge in [-0.2, -0.15) is 0 Å². The van der Waals surface area contributed by atoms with Crippen LogP contribution in [0, 0.1) is 0 Å². The number of rotatable bonds is 1. The van der Waals surface area contributed by atoms with Crippen LogP contribution in [0.4, 0.5) is 0 Å². The minimum atomic E-state index is -2.06. The van der Waals surface area contributed by atoms with Gasteiger partial charge < -0.3 is 14.2 Å². The first-order chi connectivity index (χ1) is 6.11. The van der Waals surface area contributed by atoms with Crippen LogP contribution in [0.3, 0.4) is 0 Å². The van der Waals surface area contributed by atoms with Gasteiger partial charge >= 0.3 is 0 Å². The molecule has 0 amide bonds. The second-order valence-electron chi connectivity index (χ2n) is 2.10. The minimum absolute atomic E-state index is 0.365. The van der Waals surface area contributed by atoms with Crippen LogP contribution in [0.1, 0.15) is 2.74 Å². The van der Waals surface area contributed by atoms with Crippen LogP contribution in [0.2, 0.25) is 0 Å². The predicted octanol–water partition coefficient (Wildman–Crippen LogP) is 1.42. The SMILES string of the molecule is [2H]C1([2H])Oc2ccc(OC)cc2O1. The maximum Gasteiger partial charge on any atom is 0.231 e. The number of ether oxygens (including phenoxy) is 3. The molecule has 0 saturated carbocycles. The Hall–Kier alpha value is -1.38. The molecule has 0 aromatic heterocycles. The maximum atomic E-state index is 7.18. The molecule has 1 aliphatic heterocycles. The molecule has 1 aromatic rings. The van der Waals surface area contributed by atoms with Gasteiger partial charge in [0.15, 0.2) is 11.5 Å². The van der Waals surface area contributed by atoms with E-state index >= 15 is 0 Å².